The number of nitrogens with one attached hydrogen (secondary N) is 1. The van der Waals surface area contributed by atoms with E-state index in [1.54, 1.807) is 6.92 Å². The first-order chi connectivity index (χ1) is 14.1. The average molecular weight is 435 g/mol. The molecule has 158 valence electrons. The number of ether oxygens (including phenoxy) is 1. The lowest BCUT2D eigenvalue weighted by Gasteiger charge is -2.16. The quantitative estimate of drug-likeness (QED) is 0.453. The number of benzene rings is 2. The molecule has 0 aliphatic rings. The van der Waals surface area contributed by atoms with E-state index in [1.807, 2.05) is 0 Å². The van der Waals surface area contributed by atoms with Crippen molar-refractivity contribution in [1.82, 2.24) is 0 Å². The molecule has 2 aromatic carbocycles. The van der Waals surface area contributed by atoms with Gasteiger partial charge in [0.1, 0.15) is 17.3 Å². The number of rotatable bonds is 6. The maximum atomic E-state index is 14.1. The summed E-state index contributed by atoms with van der Waals surface area (Å²) in [5, 5.41) is 11.9. The third-order valence-corrected chi connectivity index (χ3v) is 5.59. The summed E-state index contributed by atoms with van der Waals surface area (Å²) in [5.41, 5.74) is 7.10. The van der Waals surface area contributed by atoms with Crippen molar-refractivity contribution in [2.75, 3.05) is 16.2 Å². The summed E-state index contributed by atoms with van der Waals surface area (Å²) in [5.74, 6) is -1.94. The number of hydrogen-bond acceptors (Lipinski definition) is 5. The molecule has 30 heavy (non-hydrogen) atoms. The van der Waals surface area contributed by atoms with Gasteiger partial charge in [-0.2, -0.15) is 0 Å². The second-order valence-electron chi connectivity index (χ2n) is 6.50. The summed E-state index contributed by atoms with van der Waals surface area (Å²) >= 11 is 0. The highest BCUT2D eigenvalue weighted by atomic mass is 32.2. The van der Waals surface area contributed by atoms with E-state index in [9.17, 15) is 22.4 Å². The van der Waals surface area contributed by atoms with E-state index >= 15 is 0 Å². The van der Waals surface area contributed by atoms with Crippen LogP contribution in [0, 0.1) is 23.8 Å². The number of aryl methyl sites for hydroxylation is 1. The molecule has 0 radical (unpaired) electrons. The first kappa shape index (κ1) is 21.3. The Hall–Kier alpha value is -3.40. The highest BCUT2D eigenvalue weighted by molar-refractivity contribution is 7.92. The third-order valence-electron chi connectivity index (χ3n) is 4.28. The van der Waals surface area contributed by atoms with Crippen LogP contribution in [0.25, 0.3) is 11.1 Å². The second kappa shape index (κ2) is 8.15. The van der Waals surface area contributed by atoms with Crippen LogP contribution in [0.5, 0.6) is 11.5 Å². The first-order valence-corrected chi connectivity index (χ1v) is 10.5. The standard InChI is InChI=1S/C20H19F2N3O4S/c1-3-30(27,28)24-15-5-7-18(29-19-6-4-14(21)10-17(19)22)16(11-15)13-8-12(2)25(26)20(23)9-13/h4-11,24H,3,23H2,1-2H3. The van der Waals surface area contributed by atoms with Gasteiger partial charge in [-0.3, -0.25) is 10.5 Å². The highest BCUT2D eigenvalue weighted by Crippen LogP contribution is 2.37. The van der Waals surface area contributed by atoms with Gasteiger partial charge in [-0.25, -0.2) is 21.9 Å². The lowest BCUT2D eigenvalue weighted by atomic mass is 10.0. The van der Waals surface area contributed by atoms with E-state index in [2.05, 4.69) is 4.72 Å². The molecular weight excluding hydrogens is 416 g/mol. The number of pyridine rings is 1. The zero-order valence-corrected chi connectivity index (χ0v) is 17.0. The molecule has 0 amide bonds. The van der Waals surface area contributed by atoms with Gasteiger partial charge >= 0.3 is 0 Å². The van der Waals surface area contributed by atoms with Gasteiger partial charge in [0.05, 0.1) is 5.75 Å². The fourth-order valence-corrected chi connectivity index (χ4v) is 3.37. The Kier molecular flexibility index (Phi) is 5.79. The van der Waals surface area contributed by atoms with E-state index in [-0.39, 0.29) is 28.8 Å². The van der Waals surface area contributed by atoms with Gasteiger partial charge in [0.2, 0.25) is 10.0 Å². The minimum Gasteiger partial charge on any atom is -0.710 e. The Morgan fingerprint density at radius 3 is 2.43 bits per heavy atom. The molecule has 3 aromatic rings. The Labute approximate surface area is 172 Å². The summed E-state index contributed by atoms with van der Waals surface area (Å²) in [7, 11) is -3.55. The maximum Gasteiger partial charge on any atom is 0.276 e. The van der Waals surface area contributed by atoms with Gasteiger partial charge in [-0.1, -0.05) is 0 Å². The summed E-state index contributed by atoms with van der Waals surface area (Å²) in [6, 6.07) is 10.2. The van der Waals surface area contributed by atoms with Crippen molar-refractivity contribution in [3.63, 3.8) is 0 Å². The Morgan fingerprint density at radius 2 is 1.80 bits per heavy atom. The highest BCUT2D eigenvalue weighted by Gasteiger charge is 2.16. The van der Waals surface area contributed by atoms with Crippen LogP contribution in [-0.4, -0.2) is 14.2 Å². The number of hydrogen-bond donors (Lipinski definition) is 2. The van der Waals surface area contributed by atoms with E-state index in [0.717, 1.165) is 12.1 Å². The smallest absolute Gasteiger partial charge is 0.276 e. The Bertz CT molecular complexity index is 1190. The fraction of sp³-hybridized carbons (Fsp3) is 0.150. The van der Waals surface area contributed by atoms with Crippen molar-refractivity contribution in [2.45, 2.75) is 13.8 Å². The maximum absolute atomic E-state index is 14.1. The molecule has 0 bridgehead atoms. The molecule has 1 aromatic heterocycles. The zero-order valence-electron chi connectivity index (χ0n) is 16.1. The number of halogens is 2. The van der Waals surface area contributed by atoms with Crippen LogP contribution in [0.3, 0.4) is 0 Å². The molecule has 10 heteroatoms. The summed E-state index contributed by atoms with van der Waals surface area (Å²) in [4.78, 5) is 0. The lowest BCUT2D eigenvalue weighted by molar-refractivity contribution is -0.596. The van der Waals surface area contributed by atoms with Crippen LogP contribution in [-0.2, 0) is 10.0 Å². The first-order valence-electron chi connectivity index (χ1n) is 8.87. The van der Waals surface area contributed by atoms with Crippen molar-refractivity contribution >= 4 is 21.5 Å². The normalized spacial score (nSPS) is 11.3. The van der Waals surface area contributed by atoms with Gasteiger partial charge in [-0.05, 0) is 55.8 Å². The van der Waals surface area contributed by atoms with Gasteiger partial charge in [0.25, 0.3) is 5.82 Å². The van der Waals surface area contributed by atoms with Crippen LogP contribution in [0.4, 0.5) is 20.3 Å². The second-order valence-corrected chi connectivity index (χ2v) is 8.51. The van der Waals surface area contributed by atoms with Crippen LogP contribution in [0.2, 0.25) is 0 Å². The van der Waals surface area contributed by atoms with Crippen LogP contribution in [0.1, 0.15) is 12.6 Å². The molecule has 7 nitrogen and oxygen atoms in total. The Balaban J connectivity index is 2.14. The summed E-state index contributed by atoms with van der Waals surface area (Å²) in [6.07, 6.45) is 0. The lowest BCUT2D eigenvalue weighted by Crippen LogP contribution is -2.33. The monoisotopic (exact) mass is 435 g/mol. The average Bonchev–Trinajstić information content (AvgIpc) is 2.68. The number of sulfonamides is 1. The molecule has 0 unspecified atom stereocenters. The van der Waals surface area contributed by atoms with E-state index in [1.165, 1.54) is 37.3 Å². The molecule has 3 rings (SSSR count). The molecule has 0 atom stereocenters. The number of nitrogens with zero attached hydrogens (tertiary/aromatic N) is 1. The van der Waals surface area contributed by atoms with E-state index < -0.39 is 21.7 Å². The molecule has 0 saturated heterocycles. The van der Waals surface area contributed by atoms with E-state index in [4.69, 9.17) is 10.5 Å². The topological polar surface area (TPSA) is 108 Å². The minimum atomic E-state index is -3.55. The summed E-state index contributed by atoms with van der Waals surface area (Å²) < 4.78 is 59.7. The van der Waals surface area contributed by atoms with Gasteiger partial charge in [0.15, 0.2) is 11.6 Å². The number of anilines is 2. The van der Waals surface area contributed by atoms with Gasteiger partial charge in [-0.15, -0.1) is 0 Å². The van der Waals surface area contributed by atoms with Crippen LogP contribution < -0.4 is 19.9 Å². The van der Waals surface area contributed by atoms with Crippen molar-refractivity contribution in [2.24, 2.45) is 0 Å². The van der Waals surface area contributed by atoms with Crippen molar-refractivity contribution in [3.8, 4) is 22.6 Å². The number of aromatic nitrogens is 1. The predicted octanol–water partition coefficient (Wildman–Crippen LogP) is 3.71. The minimum absolute atomic E-state index is 0.0801. The number of nitrogens with two attached hydrogens (primary N) is 1. The van der Waals surface area contributed by atoms with Gasteiger partial charge < -0.3 is 9.94 Å². The molecule has 0 spiro atoms. The number of nitrogen functional groups attached to an aromatic ring is 1. The van der Waals surface area contributed by atoms with E-state index in [0.29, 0.717) is 27.6 Å². The molecule has 3 N–H and O–H groups in total. The predicted molar refractivity (Wildman–Crippen MR) is 110 cm³/mol. The molecular formula is C20H19F2N3O4S. The summed E-state index contributed by atoms with van der Waals surface area (Å²) in [6.45, 7) is 3.04. The van der Waals surface area contributed by atoms with Crippen molar-refractivity contribution in [3.05, 3.63) is 71.1 Å². The molecule has 1 heterocycles. The SMILES string of the molecule is CCS(=O)(=O)Nc1ccc(Oc2ccc(F)cc2F)c(-c2cc(C)[n+]([O-])c(N)c2)c1. The third kappa shape index (κ3) is 4.60. The van der Waals surface area contributed by atoms with Crippen LogP contribution >= 0.6 is 0 Å². The molecule has 0 aliphatic heterocycles. The molecule has 0 saturated carbocycles. The van der Waals surface area contributed by atoms with Crippen LogP contribution in [0.15, 0.2) is 48.5 Å². The fourth-order valence-electron chi connectivity index (χ4n) is 2.74. The molecule has 0 aliphatic carbocycles. The Morgan fingerprint density at radius 1 is 1.10 bits per heavy atom. The molecule has 0 fully saturated rings. The van der Waals surface area contributed by atoms with Crippen molar-refractivity contribution in [1.29, 1.82) is 0 Å². The van der Waals surface area contributed by atoms with Gasteiger partial charge in [0, 0.05) is 23.4 Å². The zero-order chi connectivity index (χ0) is 22.1. The largest absolute Gasteiger partial charge is 0.710 e. The van der Waals surface area contributed by atoms with Crippen molar-refractivity contribution < 1.29 is 26.7 Å².